The van der Waals surface area contributed by atoms with Crippen LogP contribution in [0.1, 0.15) is 65.9 Å². The van der Waals surface area contributed by atoms with Crippen LogP contribution in [0.2, 0.25) is 0 Å². The number of aliphatic hydroxyl groups is 4. The second kappa shape index (κ2) is 14.2. The molecule has 0 unspecified atom stereocenters. The summed E-state index contributed by atoms with van der Waals surface area (Å²) >= 11 is 0. The molecule has 4 aromatic rings. The van der Waals surface area contributed by atoms with E-state index in [1.54, 1.807) is 18.5 Å². The summed E-state index contributed by atoms with van der Waals surface area (Å²) in [5.74, 6) is 0.0471. The molecule has 44 heavy (non-hydrogen) atoms. The van der Waals surface area contributed by atoms with Gasteiger partial charge in [-0.25, -0.2) is 9.37 Å². The Balaban J connectivity index is 1.29. The number of rotatable bonds is 15. The van der Waals surface area contributed by atoms with E-state index in [9.17, 15) is 29.6 Å². The van der Waals surface area contributed by atoms with Gasteiger partial charge in [-0.15, -0.1) is 0 Å². The SMILES string of the molecule is O=C1[C@H](CC[C@H](O)c2ccc(F)cc2)[C@@H](c2ccc(CCCC(O)(CO)CO)cc2)N1c1ccc(CCc2nc[nH]n2)cc1. The third kappa shape index (κ3) is 7.39. The topological polar surface area (TPSA) is 143 Å². The van der Waals surface area contributed by atoms with Crippen molar-refractivity contribution in [1.82, 2.24) is 15.2 Å². The van der Waals surface area contributed by atoms with Gasteiger partial charge < -0.3 is 25.3 Å². The van der Waals surface area contributed by atoms with Crippen molar-refractivity contribution in [3.8, 4) is 0 Å². The van der Waals surface area contributed by atoms with Gasteiger partial charge in [0.25, 0.3) is 0 Å². The highest BCUT2D eigenvalue weighted by molar-refractivity contribution is 6.03. The number of nitrogens with one attached hydrogen (secondary N) is 1. The molecule has 0 saturated carbocycles. The first-order chi connectivity index (χ1) is 21.3. The summed E-state index contributed by atoms with van der Waals surface area (Å²) in [6.07, 6.45) is 4.60. The summed E-state index contributed by atoms with van der Waals surface area (Å²) in [6.45, 7) is -0.985. The number of hydrogen-bond donors (Lipinski definition) is 5. The number of aliphatic hydroxyl groups excluding tert-OH is 3. The number of aryl methyl sites for hydroxylation is 3. The standard InChI is InChI=1S/C34H39FN4O5/c35-27-12-10-25(11-13-27)30(42)17-16-29-32(26-8-3-23(4-9-26)2-1-19-34(44,20-40)21-41)39(33(29)43)28-14-5-24(6-15-28)7-18-31-36-22-37-38-31/h3-6,8-15,22,29-30,32,40-42,44H,1-2,7,16-21H2,(H,36,37,38)/t29-,30+,32-/m1/s1. The van der Waals surface area contributed by atoms with E-state index >= 15 is 0 Å². The van der Waals surface area contributed by atoms with Crippen LogP contribution in [0, 0.1) is 11.7 Å². The zero-order valence-electron chi connectivity index (χ0n) is 24.5. The Morgan fingerprint density at radius 3 is 2.20 bits per heavy atom. The lowest BCUT2D eigenvalue weighted by atomic mass is 9.78. The molecule has 1 aliphatic rings. The van der Waals surface area contributed by atoms with Gasteiger partial charge in [0.15, 0.2) is 5.82 Å². The van der Waals surface area contributed by atoms with Crippen molar-refractivity contribution in [2.24, 2.45) is 5.92 Å². The van der Waals surface area contributed by atoms with Crippen LogP contribution in [0.3, 0.4) is 0 Å². The normalized spacial score (nSPS) is 17.5. The monoisotopic (exact) mass is 602 g/mol. The molecule has 9 nitrogen and oxygen atoms in total. The molecule has 3 atom stereocenters. The number of β-lactam (4-membered cyclic amide) rings is 1. The molecular weight excluding hydrogens is 563 g/mol. The molecule has 232 valence electrons. The predicted molar refractivity (Wildman–Crippen MR) is 163 cm³/mol. The molecule has 0 bridgehead atoms. The van der Waals surface area contributed by atoms with Crippen molar-refractivity contribution in [1.29, 1.82) is 0 Å². The van der Waals surface area contributed by atoms with E-state index < -0.39 is 24.9 Å². The number of benzene rings is 3. The first kappa shape index (κ1) is 31.5. The number of aromatic nitrogens is 3. The summed E-state index contributed by atoms with van der Waals surface area (Å²) < 4.78 is 13.4. The number of carbonyl (C=O) groups is 1. The average molecular weight is 603 g/mol. The summed E-state index contributed by atoms with van der Waals surface area (Å²) in [5, 5.41) is 46.4. The van der Waals surface area contributed by atoms with Gasteiger partial charge in [0, 0.05) is 12.1 Å². The lowest BCUT2D eigenvalue weighted by Crippen LogP contribution is -2.55. The van der Waals surface area contributed by atoms with Crippen LogP contribution in [-0.4, -0.2) is 60.3 Å². The van der Waals surface area contributed by atoms with E-state index in [4.69, 9.17) is 0 Å². The number of anilines is 1. The van der Waals surface area contributed by atoms with Crippen molar-refractivity contribution >= 4 is 11.6 Å². The number of halogens is 1. The fourth-order valence-corrected chi connectivity index (χ4v) is 5.83. The molecule has 1 aliphatic heterocycles. The quantitative estimate of drug-likeness (QED) is 0.130. The predicted octanol–water partition coefficient (Wildman–Crippen LogP) is 3.99. The minimum absolute atomic E-state index is 0.00820. The van der Waals surface area contributed by atoms with E-state index in [1.807, 2.05) is 53.4 Å². The first-order valence-electron chi connectivity index (χ1n) is 15.0. The van der Waals surface area contributed by atoms with Crippen LogP contribution >= 0.6 is 0 Å². The van der Waals surface area contributed by atoms with Gasteiger partial charge in [-0.2, -0.15) is 5.10 Å². The maximum absolute atomic E-state index is 13.6. The number of H-pyrrole nitrogens is 1. The van der Waals surface area contributed by atoms with Crippen LogP contribution in [0.5, 0.6) is 0 Å². The van der Waals surface area contributed by atoms with Gasteiger partial charge in [-0.1, -0.05) is 48.5 Å². The Kier molecular flexibility index (Phi) is 10.2. The highest BCUT2D eigenvalue weighted by Gasteiger charge is 2.48. The molecule has 0 spiro atoms. The fraction of sp³-hybridized carbons (Fsp3) is 0.382. The molecule has 1 aromatic heterocycles. The van der Waals surface area contributed by atoms with Gasteiger partial charge >= 0.3 is 0 Å². The lowest BCUT2D eigenvalue weighted by molar-refractivity contribution is -0.131. The van der Waals surface area contributed by atoms with Gasteiger partial charge in [0.05, 0.1) is 31.3 Å². The maximum Gasteiger partial charge on any atom is 0.233 e. The number of aromatic amines is 1. The Morgan fingerprint density at radius 2 is 1.57 bits per heavy atom. The third-order valence-electron chi connectivity index (χ3n) is 8.55. The van der Waals surface area contributed by atoms with Gasteiger partial charge in [0.2, 0.25) is 5.91 Å². The minimum Gasteiger partial charge on any atom is -0.393 e. The van der Waals surface area contributed by atoms with Crippen LogP contribution in [0.15, 0.2) is 79.1 Å². The number of amides is 1. The number of nitrogens with zero attached hydrogens (tertiary/aromatic N) is 3. The summed E-state index contributed by atoms with van der Waals surface area (Å²) in [6, 6.07) is 21.5. The fourth-order valence-electron chi connectivity index (χ4n) is 5.83. The van der Waals surface area contributed by atoms with Crippen molar-refractivity contribution in [2.75, 3.05) is 18.1 Å². The van der Waals surface area contributed by atoms with Crippen LogP contribution in [-0.2, 0) is 24.1 Å². The van der Waals surface area contributed by atoms with E-state index in [-0.39, 0.29) is 30.1 Å². The van der Waals surface area contributed by atoms with Crippen molar-refractivity contribution in [3.05, 3.63) is 113 Å². The average Bonchev–Trinajstić information content (AvgIpc) is 3.58. The van der Waals surface area contributed by atoms with Crippen molar-refractivity contribution in [3.63, 3.8) is 0 Å². The molecule has 3 aromatic carbocycles. The lowest BCUT2D eigenvalue weighted by Gasteiger charge is -2.48. The van der Waals surface area contributed by atoms with Crippen molar-refractivity contribution < 1.29 is 29.6 Å². The molecule has 0 radical (unpaired) electrons. The molecule has 2 heterocycles. The molecular formula is C34H39FN4O5. The minimum atomic E-state index is -1.48. The summed E-state index contributed by atoms with van der Waals surface area (Å²) in [7, 11) is 0. The molecule has 5 N–H and O–H groups in total. The zero-order chi connectivity index (χ0) is 31.1. The molecule has 5 rings (SSSR count). The summed E-state index contributed by atoms with van der Waals surface area (Å²) in [5.41, 5.74) is 3.07. The molecule has 1 amide bonds. The van der Waals surface area contributed by atoms with Gasteiger partial charge in [-0.05, 0) is 85.0 Å². The Morgan fingerprint density at radius 1 is 0.909 bits per heavy atom. The van der Waals surface area contributed by atoms with Crippen LogP contribution in [0.4, 0.5) is 10.1 Å². The van der Waals surface area contributed by atoms with Crippen LogP contribution in [0.25, 0.3) is 0 Å². The molecule has 0 aliphatic carbocycles. The third-order valence-corrected chi connectivity index (χ3v) is 8.55. The Hall–Kier alpha value is -3.96. The highest BCUT2D eigenvalue weighted by atomic mass is 19.1. The van der Waals surface area contributed by atoms with Gasteiger partial charge in [0.1, 0.15) is 17.7 Å². The number of carbonyl (C=O) groups excluding carboxylic acids is 1. The van der Waals surface area contributed by atoms with E-state index in [0.29, 0.717) is 37.7 Å². The maximum atomic E-state index is 13.6. The number of hydrogen-bond acceptors (Lipinski definition) is 7. The second-order valence-electron chi connectivity index (χ2n) is 11.6. The molecule has 10 heteroatoms. The van der Waals surface area contributed by atoms with Crippen LogP contribution < -0.4 is 4.90 Å². The first-order valence-corrected chi connectivity index (χ1v) is 15.0. The smallest absolute Gasteiger partial charge is 0.233 e. The van der Waals surface area contributed by atoms with E-state index in [1.165, 1.54) is 12.1 Å². The summed E-state index contributed by atoms with van der Waals surface area (Å²) in [4.78, 5) is 19.6. The highest BCUT2D eigenvalue weighted by Crippen LogP contribution is 2.46. The Bertz CT molecular complexity index is 1480. The molecule has 1 fully saturated rings. The Labute approximate surface area is 256 Å². The van der Waals surface area contributed by atoms with Gasteiger partial charge in [-0.3, -0.25) is 9.89 Å². The second-order valence-corrected chi connectivity index (χ2v) is 11.6. The van der Waals surface area contributed by atoms with E-state index in [2.05, 4.69) is 15.2 Å². The van der Waals surface area contributed by atoms with Crippen molar-refractivity contribution in [2.45, 2.75) is 62.7 Å². The largest absolute Gasteiger partial charge is 0.393 e. The van der Waals surface area contributed by atoms with E-state index in [0.717, 1.165) is 34.6 Å². The zero-order valence-corrected chi connectivity index (χ0v) is 24.5. The molecule has 1 saturated heterocycles.